The molecule has 0 aliphatic heterocycles. The Morgan fingerprint density at radius 3 is 3.05 bits per heavy atom. The molecule has 3 aromatic rings. The smallest absolute Gasteiger partial charge is 0.137 e. The van der Waals surface area contributed by atoms with Gasteiger partial charge in [-0.2, -0.15) is 5.10 Å². The maximum Gasteiger partial charge on any atom is 0.137 e. The molecular weight excluding hydrogens is 240 g/mol. The van der Waals surface area contributed by atoms with E-state index in [1.165, 1.54) is 6.33 Å². The zero-order chi connectivity index (χ0) is 13.1. The molecular formula is C13H14N6. The van der Waals surface area contributed by atoms with E-state index in [-0.39, 0.29) is 0 Å². The second-order valence-corrected chi connectivity index (χ2v) is 4.23. The van der Waals surface area contributed by atoms with Crippen molar-refractivity contribution in [2.45, 2.75) is 6.42 Å². The first-order valence-corrected chi connectivity index (χ1v) is 6.05. The van der Waals surface area contributed by atoms with E-state index in [4.69, 9.17) is 5.73 Å². The van der Waals surface area contributed by atoms with Crippen molar-refractivity contribution in [1.29, 1.82) is 0 Å². The molecule has 4 N–H and O–H groups in total. The van der Waals surface area contributed by atoms with Gasteiger partial charge in [0, 0.05) is 36.1 Å². The number of nitrogens with zero attached hydrogens (tertiary/aromatic N) is 3. The Morgan fingerprint density at radius 2 is 2.21 bits per heavy atom. The van der Waals surface area contributed by atoms with Gasteiger partial charge >= 0.3 is 0 Å². The number of fused-ring (bicyclic) bond motifs is 1. The van der Waals surface area contributed by atoms with Crippen LogP contribution in [0.4, 0.5) is 11.4 Å². The van der Waals surface area contributed by atoms with Crippen molar-refractivity contribution in [2.24, 2.45) is 0 Å². The van der Waals surface area contributed by atoms with Crippen LogP contribution in [0, 0.1) is 0 Å². The fraction of sp³-hybridized carbons (Fsp3) is 0.154. The number of aromatic amines is 1. The van der Waals surface area contributed by atoms with Gasteiger partial charge in [0.15, 0.2) is 0 Å². The van der Waals surface area contributed by atoms with Gasteiger partial charge in [0.25, 0.3) is 0 Å². The summed E-state index contributed by atoms with van der Waals surface area (Å²) < 4.78 is 0. The second-order valence-electron chi connectivity index (χ2n) is 4.23. The van der Waals surface area contributed by atoms with Crippen LogP contribution < -0.4 is 11.1 Å². The summed E-state index contributed by atoms with van der Waals surface area (Å²) in [5, 5.41) is 12.0. The lowest BCUT2D eigenvalue weighted by molar-refractivity contribution is 0.901. The summed E-state index contributed by atoms with van der Waals surface area (Å²) in [6.07, 6.45) is 5.83. The van der Waals surface area contributed by atoms with Gasteiger partial charge in [-0.05, 0) is 12.1 Å². The molecule has 0 unspecified atom stereocenters. The third-order valence-corrected chi connectivity index (χ3v) is 3.00. The number of H-pyrrole nitrogens is 1. The standard InChI is InChI=1S/C13H14N6/c14-13-10-3-5-15-7-9(10)1-2-11(13)16-6-4-12-17-8-18-19-12/h1-3,5,7-8,16H,4,6,14H2,(H,17,18,19). The maximum atomic E-state index is 6.15. The molecule has 0 radical (unpaired) electrons. The average Bonchev–Trinajstić information content (AvgIpc) is 2.95. The van der Waals surface area contributed by atoms with Gasteiger partial charge in [0.1, 0.15) is 12.2 Å². The van der Waals surface area contributed by atoms with Crippen molar-refractivity contribution in [1.82, 2.24) is 20.2 Å². The third kappa shape index (κ3) is 2.33. The van der Waals surface area contributed by atoms with Crippen molar-refractivity contribution in [3.05, 3.63) is 42.7 Å². The molecule has 0 aliphatic carbocycles. The lowest BCUT2D eigenvalue weighted by Crippen LogP contribution is -2.08. The van der Waals surface area contributed by atoms with E-state index in [1.54, 1.807) is 6.20 Å². The van der Waals surface area contributed by atoms with Crippen molar-refractivity contribution < 1.29 is 0 Å². The highest BCUT2D eigenvalue weighted by atomic mass is 15.2. The molecule has 0 fully saturated rings. The van der Waals surface area contributed by atoms with Gasteiger partial charge in [0.05, 0.1) is 11.4 Å². The molecule has 0 aliphatic rings. The number of nitrogens with one attached hydrogen (secondary N) is 2. The fourth-order valence-corrected chi connectivity index (χ4v) is 2.01. The molecule has 2 aromatic heterocycles. The Labute approximate surface area is 110 Å². The number of benzene rings is 1. The van der Waals surface area contributed by atoms with Crippen LogP contribution in [0.5, 0.6) is 0 Å². The molecule has 6 nitrogen and oxygen atoms in total. The summed E-state index contributed by atoms with van der Waals surface area (Å²) in [4.78, 5) is 8.16. The van der Waals surface area contributed by atoms with Crippen molar-refractivity contribution >= 4 is 22.1 Å². The molecule has 2 heterocycles. The molecule has 0 atom stereocenters. The number of rotatable bonds is 4. The van der Waals surface area contributed by atoms with Gasteiger partial charge in [-0.25, -0.2) is 4.98 Å². The first-order valence-electron chi connectivity index (χ1n) is 6.05. The molecule has 1 aromatic carbocycles. The van der Waals surface area contributed by atoms with Crippen molar-refractivity contribution in [3.63, 3.8) is 0 Å². The number of aromatic nitrogens is 4. The van der Waals surface area contributed by atoms with Crippen LogP contribution in [0.15, 0.2) is 36.9 Å². The molecule has 0 spiro atoms. The fourth-order valence-electron chi connectivity index (χ4n) is 2.01. The minimum Gasteiger partial charge on any atom is -0.397 e. The Balaban J connectivity index is 1.76. The number of nitrogen functional groups attached to an aromatic ring is 1. The molecule has 0 bridgehead atoms. The normalized spacial score (nSPS) is 10.7. The van der Waals surface area contributed by atoms with Crippen LogP contribution in [0.2, 0.25) is 0 Å². The van der Waals surface area contributed by atoms with Crippen LogP contribution in [-0.2, 0) is 6.42 Å². The Kier molecular flexibility index (Phi) is 2.97. The SMILES string of the molecule is Nc1c(NCCc2ncn[nH]2)ccc2cnccc12. The van der Waals surface area contributed by atoms with Gasteiger partial charge in [-0.3, -0.25) is 10.1 Å². The van der Waals surface area contributed by atoms with Gasteiger partial charge in [-0.1, -0.05) is 6.07 Å². The van der Waals surface area contributed by atoms with Crippen LogP contribution in [-0.4, -0.2) is 26.7 Å². The Bertz CT molecular complexity index is 677. The first-order chi connectivity index (χ1) is 9.34. The number of anilines is 2. The van der Waals surface area contributed by atoms with E-state index in [1.807, 2.05) is 24.4 Å². The first kappa shape index (κ1) is 11.5. The van der Waals surface area contributed by atoms with Gasteiger partial charge < -0.3 is 11.1 Å². The highest BCUT2D eigenvalue weighted by Crippen LogP contribution is 2.27. The zero-order valence-corrected chi connectivity index (χ0v) is 10.3. The molecule has 0 saturated carbocycles. The Hall–Kier alpha value is -2.63. The highest BCUT2D eigenvalue weighted by molar-refractivity contribution is 5.98. The summed E-state index contributed by atoms with van der Waals surface area (Å²) in [7, 11) is 0. The van der Waals surface area contributed by atoms with E-state index in [2.05, 4.69) is 25.5 Å². The Morgan fingerprint density at radius 1 is 1.26 bits per heavy atom. The topological polar surface area (TPSA) is 92.5 Å². The predicted octanol–water partition coefficient (Wildman–Crippen LogP) is 1.59. The third-order valence-electron chi connectivity index (χ3n) is 3.00. The van der Waals surface area contributed by atoms with Crippen molar-refractivity contribution in [3.8, 4) is 0 Å². The van der Waals surface area contributed by atoms with Crippen LogP contribution in [0.3, 0.4) is 0 Å². The molecule has 3 rings (SSSR count). The molecule has 96 valence electrons. The van der Waals surface area contributed by atoms with E-state index in [9.17, 15) is 0 Å². The van der Waals surface area contributed by atoms with Gasteiger partial charge in [-0.15, -0.1) is 0 Å². The van der Waals surface area contributed by atoms with E-state index in [0.717, 1.165) is 40.9 Å². The lowest BCUT2D eigenvalue weighted by atomic mass is 10.1. The summed E-state index contributed by atoms with van der Waals surface area (Å²) in [6, 6.07) is 5.90. The lowest BCUT2D eigenvalue weighted by Gasteiger charge is -2.10. The summed E-state index contributed by atoms with van der Waals surface area (Å²) in [5.74, 6) is 0.857. The molecule has 0 saturated heterocycles. The predicted molar refractivity (Wildman–Crippen MR) is 74.7 cm³/mol. The molecule has 6 heteroatoms. The summed E-state index contributed by atoms with van der Waals surface area (Å²) >= 11 is 0. The summed E-state index contributed by atoms with van der Waals surface area (Å²) in [6.45, 7) is 0.746. The number of nitrogens with two attached hydrogens (primary N) is 1. The number of hydrogen-bond donors (Lipinski definition) is 3. The maximum absolute atomic E-state index is 6.15. The minimum absolute atomic E-state index is 0.746. The largest absolute Gasteiger partial charge is 0.397 e. The summed E-state index contributed by atoms with van der Waals surface area (Å²) in [5.41, 5.74) is 7.83. The van der Waals surface area contributed by atoms with E-state index in [0.29, 0.717) is 0 Å². The zero-order valence-electron chi connectivity index (χ0n) is 10.3. The van der Waals surface area contributed by atoms with E-state index < -0.39 is 0 Å². The van der Waals surface area contributed by atoms with Crippen LogP contribution >= 0.6 is 0 Å². The monoisotopic (exact) mass is 254 g/mol. The number of pyridine rings is 1. The van der Waals surface area contributed by atoms with Crippen molar-refractivity contribution in [2.75, 3.05) is 17.6 Å². The van der Waals surface area contributed by atoms with E-state index >= 15 is 0 Å². The quantitative estimate of drug-likeness (QED) is 0.615. The molecule has 19 heavy (non-hydrogen) atoms. The average molecular weight is 254 g/mol. The van der Waals surface area contributed by atoms with Crippen LogP contribution in [0.25, 0.3) is 10.8 Å². The molecule has 0 amide bonds. The highest BCUT2D eigenvalue weighted by Gasteiger charge is 2.04. The second kappa shape index (κ2) is 4.93. The van der Waals surface area contributed by atoms with Crippen LogP contribution in [0.1, 0.15) is 5.82 Å². The van der Waals surface area contributed by atoms with Gasteiger partial charge in [0.2, 0.25) is 0 Å². The number of hydrogen-bond acceptors (Lipinski definition) is 5. The minimum atomic E-state index is 0.746.